The van der Waals surface area contributed by atoms with E-state index in [-0.39, 0.29) is 19.0 Å². The summed E-state index contributed by atoms with van der Waals surface area (Å²) in [6.45, 7) is 5.97. The second-order valence-electron chi connectivity index (χ2n) is 7.15. The molecule has 0 saturated carbocycles. The van der Waals surface area contributed by atoms with Crippen LogP contribution < -0.4 is 11.2 Å². The molecule has 31 heavy (non-hydrogen) atoms. The number of aliphatic hydroxyl groups is 1. The van der Waals surface area contributed by atoms with Gasteiger partial charge in [0.2, 0.25) is 5.90 Å². The maximum Gasteiger partial charge on any atom is 0.332 e. The third kappa shape index (κ3) is 6.38. The maximum atomic E-state index is 12.7. The number of hydrogen-bond donors (Lipinski definition) is 1. The smallest absolute Gasteiger partial charge is 0.332 e. The van der Waals surface area contributed by atoms with E-state index in [9.17, 15) is 9.59 Å². The van der Waals surface area contributed by atoms with Gasteiger partial charge < -0.3 is 9.84 Å². The molecule has 2 aromatic rings. The van der Waals surface area contributed by atoms with E-state index in [0.717, 1.165) is 22.3 Å². The van der Waals surface area contributed by atoms with Crippen molar-refractivity contribution in [3.05, 3.63) is 67.1 Å². The molecule has 2 heterocycles. The molecule has 0 aliphatic carbocycles. The van der Waals surface area contributed by atoms with Crippen molar-refractivity contribution in [2.45, 2.75) is 46.6 Å². The fraction of sp³-hybridized carbons (Fsp3) is 0.455. The summed E-state index contributed by atoms with van der Waals surface area (Å²) in [6, 6.07) is 3.62. The topological polar surface area (TPSA) is 98.7 Å². The maximum absolute atomic E-state index is 12.7. The molecule has 1 N–H and O–H groups in total. The highest BCUT2D eigenvalue weighted by Gasteiger charge is 2.15. The standard InChI is InChI=1S/C22H29ClN4O4/c1-5-13-31-20(15(2)7-9-18-10-8-17(23)14-24-18)25-19-16(3)21(29)27(11-6-12-28)22(30)26(19)4/h7-8,10,14,28H,5-6,9,11-13H2,1-4H3. The van der Waals surface area contributed by atoms with Gasteiger partial charge in [-0.05, 0) is 38.8 Å². The molecule has 0 amide bonds. The zero-order valence-electron chi connectivity index (χ0n) is 18.4. The van der Waals surface area contributed by atoms with Gasteiger partial charge in [0.1, 0.15) is 5.82 Å². The van der Waals surface area contributed by atoms with Gasteiger partial charge in [0.25, 0.3) is 5.56 Å². The molecule has 0 aliphatic rings. The van der Waals surface area contributed by atoms with E-state index in [0.29, 0.717) is 35.9 Å². The van der Waals surface area contributed by atoms with Crippen molar-refractivity contribution < 1.29 is 9.84 Å². The zero-order chi connectivity index (χ0) is 23.0. The van der Waals surface area contributed by atoms with E-state index < -0.39 is 11.2 Å². The van der Waals surface area contributed by atoms with Crippen molar-refractivity contribution in [2.75, 3.05) is 13.2 Å². The fourth-order valence-electron chi connectivity index (χ4n) is 2.89. The van der Waals surface area contributed by atoms with Crippen molar-refractivity contribution in [1.29, 1.82) is 0 Å². The van der Waals surface area contributed by atoms with Crippen LogP contribution >= 0.6 is 11.6 Å². The van der Waals surface area contributed by atoms with Gasteiger partial charge >= 0.3 is 5.69 Å². The van der Waals surface area contributed by atoms with E-state index in [2.05, 4.69) is 9.98 Å². The van der Waals surface area contributed by atoms with Crippen molar-refractivity contribution in [1.82, 2.24) is 14.1 Å². The number of hydrogen-bond acceptors (Lipinski definition) is 6. The second-order valence-corrected chi connectivity index (χ2v) is 7.59. The van der Waals surface area contributed by atoms with Gasteiger partial charge in [-0.1, -0.05) is 24.6 Å². The first kappa shape index (κ1) is 24.6. The Kier molecular flexibility index (Phi) is 9.21. The number of allylic oxidation sites excluding steroid dienone is 1. The number of aliphatic imine (C=N–C) groups is 1. The summed E-state index contributed by atoms with van der Waals surface area (Å²) in [7, 11) is 1.57. The molecule has 0 bridgehead atoms. The highest BCUT2D eigenvalue weighted by Crippen LogP contribution is 2.16. The number of ether oxygens (including phenoxy) is 1. The molecule has 168 valence electrons. The van der Waals surface area contributed by atoms with Crippen molar-refractivity contribution >= 4 is 23.3 Å². The lowest BCUT2D eigenvalue weighted by molar-refractivity contribution is 0.277. The molecule has 0 aliphatic heterocycles. The van der Waals surface area contributed by atoms with Crippen LogP contribution in [0.5, 0.6) is 0 Å². The van der Waals surface area contributed by atoms with Crippen LogP contribution in [0.25, 0.3) is 0 Å². The Balaban J connectivity index is 2.46. The number of halogens is 1. The quantitative estimate of drug-likeness (QED) is 0.469. The summed E-state index contributed by atoms with van der Waals surface area (Å²) in [5, 5.41) is 9.60. The largest absolute Gasteiger partial charge is 0.477 e. The monoisotopic (exact) mass is 448 g/mol. The van der Waals surface area contributed by atoms with Gasteiger partial charge in [-0.15, -0.1) is 0 Å². The number of pyridine rings is 1. The van der Waals surface area contributed by atoms with Crippen LogP contribution in [0.1, 0.15) is 37.9 Å². The number of nitrogens with zero attached hydrogens (tertiary/aromatic N) is 4. The summed E-state index contributed by atoms with van der Waals surface area (Å²) < 4.78 is 8.28. The minimum atomic E-state index is -0.482. The third-order valence-corrected chi connectivity index (χ3v) is 4.89. The van der Waals surface area contributed by atoms with Crippen LogP contribution in [0.3, 0.4) is 0 Å². The van der Waals surface area contributed by atoms with Gasteiger partial charge in [-0.25, -0.2) is 4.79 Å². The van der Waals surface area contributed by atoms with Gasteiger partial charge in [0.15, 0.2) is 0 Å². The molecule has 0 saturated heterocycles. The SMILES string of the molecule is CCCOC(=Nc1c(C)c(=O)n(CCCO)c(=O)n1C)C(C)=CCc1ccc(Cl)cn1. The summed E-state index contributed by atoms with van der Waals surface area (Å²) in [4.78, 5) is 34.2. The predicted molar refractivity (Wildman–Crippen MR) is 122 cm³/mol. The van der Waals surface area contributed by atoms with Crippen LogP contribution in [0, 0.1) is 6.92 Å². The Labute approximate surface area is 186 Å². The normalized spacial score (nSPS) is 12.3. The minimum Gasteiger partial charge on any atom is -0.477 e. The molecule has 8 nitrogen and oxygen atoms in total. The number of aliphatic hydroxyl groups excluding tert-OH is 1. The molecule has 0 fully saturated rings. The van der Waals surface area contributed by atoms with Gasteiger partial charge in [-0.3, -0.25) is 18.9 Å². The van der Waals surface area contributed by atoms with Gasteiger partial charge in [0, 0.05) is 44.1 Å². The van der Waals surface area contributed by atoms with Crippen LogP contribution in [0.2, 0.25) is 5.02 Å². The Hall–Kier alpha value is -2.71. The van der Waals surface area contributed by atoms with Gasteiger partial charge in [0.05, 0.1) is 17.2 Å². The summed E-state index contributed by atoms with van der Waals surface area (Å²) >= 11 is 5.88. The molecule has 0 aromatic carbocycles. The lowest BCUT2D eigenvalue weighted by atomic mass is 10.2. The molecule has 0 atom stereocenters. The average Bonchev–Trinajstić information content (AvgIpc) is 2.76. The molecular weight excluding hydrogens is 420 g/mol. The van der Waals surface area contributed by atoms with Crippen molar-refractivity contribution in [3.63, 3.8) is 0 Å². The average molecular weight is 449 g/mol. The minimum absolute atomic E-state index is 0.101. The zero-order valence-corrected chi connectivity index (χ0v) is 19.1. The molecule has 0 spiro atoms. The summed E-state index contributed by atoms with van der Waals surface area (Å²) in [5.41, 5.74) is 1.04. The Morgan fingerprint density at radius 3 is 2.71 bits per heavy atom. The molecule has 9 heteroatoms. The second kappa shape index (κ2) is 11.6. The van der Waals surface area contributed by atoms with E-state index in [1.165, 1.54) is 4.57 Å². The van der Waals surface area contributed by atoms with E-state index in [1.807, 2.05) is 26.0 Å². The molecule has 2 aromatic heterocycles. The molecule has 0 radical (unpaired) electrons. The lowest BCUT2D eigenvalue weighted by Crippen LogP contribution is -2.40. The molecule has 0 unspecified atom stereocenters. The van der Waals surface area contributed by atoms with E-state index in [1.54, 1.807) is 26.2 Å². The van der Waals surface area contributed by atoms with Crippen LogP contribution in [0.4, 0.5) is 5.82 Å². The Bertz CT molecular complexity index is 1030. The highest BCUT2D eigenvalue weighted by atomic mass is 35.5. The Morgan fingerprint density at radius 2 is 2.10 bits per heavy atom. The first-order valence-corrected chi connectivity index (χ1v) is 10.6. The summed E-state index contributed by atoms with van der Waals surface area (Å²) in [5.74, 6) is 0.597. The van der Waals surface area contributed by atoms with Crippen molar-refractivity contribution in [2.24, 2.45) is 12.0 Å². The molecular formula is C22H29ClN4O4. The third-order valence-electron chi connectivity index (χ3n) is 4.67. The van der Waals surface area contributed by atoms with E-state index >= 15 is 0 Å². The first-order valence-electron chi connectivity index (χ1n) is 10.2. The lowest BCUT2D eigenvalue weighted by Gasteiger charge is -2.14. The molecule has 2 rings (SSSR count). The van der Waals surface area contributed by atoms with E-state index in [4.69, 9.17) is 21.4 Å². The number of rotatable bonds is 9. The van der Waals surface area contributed by atoms with Crippen LogP contribution in [-0.4, -0.2) is 38.3 Å². The predicted octanol–water partition coefficient (Wildman–Crippen LogP) is 2.93. The first-order chi connectivity index (χ1) is 14.8. The van der Waals surface area contributed by atoms with Gasteiger partial charge in [-0.2, -0.15) is 4.99 Å². The number of aromatic nitrogens is 3. The highest BCUT2D eigenvalue weighted by molar-refractivity contribution is 6.30. The van der Waals surface area contributed by atoms with Crippen LogP contribution in [-0.2, 0) is 24.8 Å². The fourth-order valence-corrected chi connectivity index (χ4v) is 3.01. The van der Waals surface area contributed by atoms with Crippen molar-refractivity contribution in [3.8, 4) is 0 Å². The summed E-state index contributed by atoms with van der Waals surface area (Å²) in [6.07, 6.45) is 5.18. The van der Waals surface area contributed by atoms with Crippen LogP contribution in [0.15, 0.2) is 44.6 Å². The Morgan fingerprint density at radius 1 is 1.35 bits per heavy atom.